The molecule has 0 saturated heterocycles. The van der Waals surface area contributed by atoms with Crippen LogP contribution in [-0.2, 0) is 0 Å². The minimum atomic E-state index is -0.600. The van der Waals surface area contributed by atoms with Crippen LogP contribution in [-0.4, -0.2) is 5.11 Å². The summed E-state index contributed by atoms with van der Waals surface area (Å²) in [5.41, 5.74) is 2.30. The van der Waals surface area contributed by atoms with Crippen LogP contribution >= 0.6 is 22.9 Å². The monoisotopic (exact) mass is 278 g/mol. The van der Waals surface area contributed by atoms with Gasteiger partial charge in [0.25, 0.3) is 0 Å². The molecule has 1 nitrogen and oxygen atoms in total. The first kappa shape index (κ1) is 12.2. The Kier molecular flexibility index (Phi) is 3.42. The maximum atomic E-state index is 10.4. The predicted octanol–water partition coefficient (Wildman–Crippen LogP) is 4.75. The smallest absolute Gasteiger partial charge is 0.115 e. The maximum Gasteiger partial charge on any atom is 0.115 e. The second-order valence-corrected chi connectivity index (χ2v) is 6.19. The minimum Gasteiger partial charge on any atom is -0.383 e. The van der Waals surface area contributed by atoms with Crippen molar-refractivity contribution in [1.29, 1.82) is 0 Å². The van der Waals surface area contributed by atoms with Gasteiger partial charge in [-0.25, -0.2) is 0 Å². The molecule has 3 heteroatoms. The molecule has 18 heavy (non-hydrogen) atoms. The van der Waals surface area contributed by atoms with E-state index < -0.39 is 6.10 Å². The Balaban J connectivity index is 1.89. The van der Waals surface area contributed by atoms with E-state index in [1.54, 1.807) is 0 Å². The Labute approximate surface area is 116 Å². The molecule has 1 unspecified atom stereocenters. The molecule has 1 aromatic heterocycles. The maximum absolute atomic E-state index is 10.4. The quantitative estimate of drug-likeness (QED) is 0.859. The summed E-state index contributed by atoms with van der Waals surface area (Å²) in [5, 5.41) is 13.0. The Hall–Kier alpha value is -0.830. The van der Waals surface area contributed by atoms with E-state index in [1.807, 2.05) is 23.6 Å². The fourth-order valence-corrected chi connectivity index (χ4v) is 3.55. The average molecular weight is 279 g/mol. The fraction of sp³-hybridized carbons (Fsp3) is 0.333. The molecular weight excluding hydrogens is 264 g/mol. The minimum absolute atomic E-state index is 0.600. The Morgan fingerprint density at radius 3 is 2.72 bits per heavy atom. The van der Waals surface area contributed by atoms with Crippen molar-refractivity contribution in [3.63, 3.8) is 0 Å². The fourth-order valence-electron chi connectivity index (χ4n) is 2.38. The molecule has 1 aliphatic rings. The van der Waals surface area contributed by atoms with Gasteiger partial charge in [-0.05, 0) is 41.3 Å². The van der Waals surface area contributed by atoms with Gasteiger partial charge in [-0.3, -0.25) is 0 Å². The van der Waals surface area contributed by atoms with Crippen molar-refractivity contribution in [3.05, 3.63) is 56.7 Å². The third-order valence-corrected chi connectivity index (χ3v) is 5.11. The first-order valence-electron chi connectivity index (χ1n) is 6.26. The van der Waals surface area contributed by atoms with E-state index in [0.29, 0.717) is 10.9 Å². The van der Waals surface area contributed by atoms with Gasteiger partial charge in [0.15, 0.2) is 0 Å². The molecule has 0 radical (unpaired) electrons. The normalized spacial score (nSPS) is 17.4. The standard InChI is InChI=1S/C15H15ClOS/c16-13-7-8-18-15(13)14(17)12-6-2-5-11(9-12)10-3-1-4-10/h2,5-10,14,17H,1,3-4H2. The molecule has 0 amide bonds. The van der Waals surface area contributed by atoms with Gasteiger partial charge >= 0.3 is 0 Å². The van der Waals surface area contributed by atoms with Crippen LogP contribution in [0.25, 0.3) is 0 Å². The predicted molar refractivity (Wildman–Crippen MR) is 76.4 cm³/mol. The zero-order chi connectivity index (χ0) is 12.5. The summed E-state index contributed by atoms with van der Waals surface area (Å²) in [7, 11) is 0. The highest BCUT2D eigenvalue weighted by Gasteiger charge is 2.21. The second-order valence-electron chi connectivity index (χ2n) is 4.83. The van der Waals surface area contributed by atoms with Gasteiger partial charge in [0, 0.05) is 0 Å². The molecule has 1 heterocycles. The van der Waals surface area contributed by atoms with Crippen LogP contribution in [0.15, 0.2) is 35.7 Å². The molecule has 1 N–H and O–H groups in total. The number of halogens is 1. The summed E-state index contributed by atoms with van der Waals surface area (Å²) in [6.45, 7) is 0. The molecule has 1 saturated carbocycles. The molecule has 1 aromatic carbocycles. The molecule has 1 atom stereocenters. The van der Waals surface area contributed by atoms with Crippen LogP contribution in [0, 0.1) is 0 Å². The Morgan fingerprint density at radius 1 is 1.28 bits per heavy atom. The number of aliphatic hydroxyl groups is 1. The third-order valence-electron chi connectivity index (χ3n) is 3.70. The number of rotatable bonds is 3. The average Bonchev–Trinajstić information content (AvgIpc) is 2.73. The highest BCUT2D eigenvalue weighted by atomic mass is 35.5. The summed E-state index contributed by atoms with van der Waals surface area (Å²) >= 11 is 7.58. The zero-order valence-electron chi connectivity index (χ0n) is 9.97. The lowest BCUT2D eigenvalue weighted by Crippen LogP contribution is -2.09. The highest BCUT2D eigenvalue weighted by Crippen LogP contribution is 2.38. The lowest BCUT2D eigenvalue weighted by Gasteiger charge is -2.26. The number of aliphatic hydroxyl groups excluding tert-OH is 1. The van der Waals surface area contributed by atoms with Crippen LogP contribution in [0.3, 0.4) is 0 Å². The molecule has 1 fully saturated rings. The van der Waals surface area contributed by atoms with Crippen LogP contribution < -0.4 is 0 Å². The van der Waals surface area contributed by atoms with Crippen molar-refractivity contribution in [2.45, 2.75) is 31.3 Å². The first-order valence-corrected chi connectivity index (χ1v) is 7.52. The van der Waals surface area contributed by atoms with Crippen LogP contribution in [0.2, 0.25) is 5.02 Å². The molecule has 3 rings (SSSR count). The lowest BCUT2D eigenvalue weighted by atomic mass is 9.79. The van der Waals surface area contributed by atoms with Gasteiger partial charge in [-0.2, -0.15) is 0 Å². The zero-order valence-corrected chi connectivity index (χ0v) is 11.5. The molecular formula is C15H15ClOS. The molecule has 2 aromatic rings. The molecule has 0 aliphatic heterocycles. The largest absolute Gasteiger partial charge is 0.383 e. The van der Waals surface area contributed by atoms with Gasteiger partial charge in [0.2, 0.25) is 0 Å². The van der Waals surface area contributed by atoms with Crippen molar-refractivity contribution in [3.8, 4) is 0 Å². The van der Waals surface area contributed by atoms with E-state index in [-0.39, 0.29) is 0 Å². The summed E-state index contributed by atoms with van der Waals surface area (Å²) < 4.78 is 0. The summed E-state index contributed by atoms with van der Waals surface area (Å²) in [4.78, 5) is 0.836. The Morgan fingerprint density at radius 2 is 2.11 bits per heavy atom. The molecule has 94 valence electrons. The van der Waals surface area contributed by atoms with Crippen LogP contribution in [0.5, 0.6) is 0 Å². The van der Waals surface area contributed by atoms with Crippen molar-refractivity contribution in [1.82, 2.24) is 0 Å². The number of benzene rings is 1. The topological polar surface area (TPSA) is 20.2 Å². The second kappa shape index (κ2) is 5.04. The summed E-state index contributed by atoms with van der Waals surface area (Å²) in [6, 6.07) is 10.1. The van der Waals surface area contributed by atoms with Crippen LogP contribution in [0.1, 0.15) is 47.3 Å². The first-order chi connectivity index (χ1) is 8.75. The van der Waals surface area contributed by atoms with Gasteiger partial charge in [0.1, 0.15) is 6.10 Å². The van der Waals surface area contributed by atoms with E-state index in [2.05, 4.69) is 12.1 Å². The van der Waals surface area contributed by atoms with E-state index in [9.17, 15) is 5.11 Å². The van der Waals surface area contributed by atoms with Crippen molar-refractivity contribution < 1.29 is 5.11 Å². The molecule has 0 bridgehead atoms. The number of hydrogen-bond donors (Lipinski definition) is 1. The van der Waals surface area contributed by atoms with Gasteiger partial charge in [-0.15, -0.1) is 11.3 Å². The SMILES string of the molecule is OC(c1cccc(C2CCC2)c1)c1sccc1Cl. The van der Waals surface area contributed by atoms with E-state index in [4.69, 9.17) is 11.6 Å². The van der Waals surface area contributed by atoms with Gasteiger partial charge < -0.3 is 5.11 Å². The van der Waals surface area contributed by atoms with Gasteiger partial charge in [0.05, 0.1) is 9.90 Å². The van der Waals surface area contributed by atoms with Crippen molar-refractivity contribution >= 4 is 22.9 Å². The van der Waals surface area contributed by atoms with Crippen LogP contribution in [0.4, 0.5) is 0 Å². The van der Waals surface area contributed by atoms with E-state index in [0.717, 1.165) is 10.4 Å². The van der Waals surface area contributed by atoms with Crippen molar-refractivity contribution in [2.24, 2.45) is 0 Å². The van der Waals surface area contributed by atoms with E-state index >= 15 is 0 Å². The van der Waals surface area contributed by atoms with Crippen molar-refractivity contribution in [2.75, 3.05) is 0 Å². The Bertz CT molecular complexity index is 545. The number of thiophene rings is 1. The third kappa shape index (κ3) is 2.20. The summed E-state index contributed by atoms with van der Waals surface area (Å²) in [6.07, 6.45) is 3.28. The lowest BCUT2D eigenvalue weighted by molar-refractivity contribution is 0.224. The highest BCUT2D eigenvalue weighted by molar-refractivity contribution is 7.10. The molecule has 0 spiro atoms. The van der Waals surface area contributed by atoms with E-state index in [1.165, 1.54) is 36.2 Å². The van der Waals surface area contributed by atoms with Gasteiger partial charge in [-0.1, -0.05) is 42.3 Å². The summed E-state index contributed by atoms with van der Waals surface area (Å²) in [5.74, 6) is 0.691. The number of hydrogen-bond acceptors (Lipinski definition) is 2. The molecule has 1 aliphatic carbocycles.